The second-order valence-electron chi connectivity index (χ2n) is 5.56. The molecule has 0 spiro atoms. The molecule has 0 fully saturated rings. The van der Waals surface area contributed by atoms with E-state index in [0.717, 1.165) is 4.88 Å². The van der Waals surface area contributed by atoms with Crippen molar-refractivity contribution in [2.24, 2.45) is 0 Å². The van der Waals surface area contributed by atoms with Crippen molar-refractivity contribution in [1.29, 1.82) is 0 Å². The molecule has 0 aliphatic carbocycles. The van der Waals surface area contributed by atoms with Crippen LogP contribution in [0.4, 0.5) is 11.4 Å². The molecule has 2 aromatic rings. The number of benzene rings is 1. The van der Waals surface area contributed by atoms with Crippen molar-refractivity contribution < 1.29 is 22.7 Å². The molecule has 0 bridgehead atoms. The van der Waals surface area contributed by atoms with Gasteiger partial charge >= 0.3 is 0 Å². The van der Waals surface area contributed by atoms with Gasteiger partial charge in [0.15, 0.2) is 0 Å². The lowest BCUT2D eigenvalue weighted by Crippen LogP contribution is -2.32. The number of carbonyl (C=O) groups is 2. The predicted octanol–water partition coefficient (Wildman–Crippen LogP) is 2.20. The Morgan fingerprint density at radius 2 is 1.93 bits per heavy atom. The van der Waals surface area contributed by atoms with Gasteiger partial charge in [-0.05, 0) is 38.1 Å². The normalized spacial score (nSPS) is 10.9. The monoisotopic (exact) mass is 411 g/mol. The van der Waals surface area contributed by atoms with Gasteiger partial charge in [-0.2, -0.15) is 0 Å². The summed E-state index contributed by atoms with van der Waals surface area (Å²) in [5.41, 5.74) is 0.691. The Balaban J connectivity index is 1.98. The van der Waals surface area contributed by atoms with Crippen LogP contribution in [0.1, 0.15) is 21.5 Å². The van der Waals surface area contributed by atoms with Crippen molar-refractivity contribution in [2.45, 2.75) is 13.8 Å². The molecule has 0 saturated heterocycles. The first kappa shape index (κ1) is 20.7. The van der Waals surface area contributed by atoms with Crippen molar-refractivity contribution in [3.05, 3.63) is 40.1 Å². The molecule has 27 heavy (non-hydrogen) atoms. The summed E-state index contributed by atoms with van der Waals surface area (Å²) in [4.78, 5) is 25.5. The zero-order valence-electron chi connectivity index (χ0n) is 15.2. The van der Waals surface area contributed by atoms with Crippen LogP contribution >= 0.6 is 11.3 Å². The molecule has 0 atom stereocenters. The molecule has 0 radical (unpaired) electrons. The first-order chi connectivity index (χ1) is 12.7. The number of rotatable bonds is 8. The standard InChI is InChI=1S/C17H21N3O5S2/c1-4-27(23,24)20-13-7-6-12(9-14(13)25-3)19-16(21)10-18-17(22)15-8-5-11(2)26-15/h5-9,20H,4,10H2,1-3H3,(H,18,22)(H,19,21). The second-order valence-corrected chi connectivity index (χ2v) is 8.86. The van der Waals surface area contributed by atoms with Crippen LogP contribution in [0.25, 0.3) is 0 Å². The summed E-state index contributed by atoms with van der Waals surface area (Å²) in [6.45, 7) is 3.23. The molecule has 0 aliphatic rings. The zero-order chi connectivity index (χ0) is 20.0. The van der Waals surface area contributed by atoms with E-state index in [4.69, 9.17) is 4.74 Å². The van der Waals surface area contributed by atoms with Crippen LogP contribution in [0.15, 0.2) is 30.3 Å². The number of aryl methyl sites for hydroxylation is 1. The van der Waals surface area contributed by atoms with E-state index in [-0.39, 0.29) is 29.6 Å². The fourth-order valence-corrected chi connectivity index (χ4v) is 3.53. The van der Waals surface area contributed by atoms with Gasteiger partial charge in [0.25, 0.3) is 5.91 Å². The van der Waals surface area contributed by atoms with Crippen molar-refractivity contribution in [3.8, 4) is 5.75 Å². The average molecular weight is 412 g/mol. The van der Waals surface area contributed by atoms with E-state index < -0.39 is 15.9 Å². The molecular weight excluding hydrogens is 390 g/mol. The largest absolute Gasteiger partial charge is 0.494 e. The van der Waals surface area contributed by atoms with Gasteiger partial charge in [-0.1, -0.05) is 0 Å². The summed E-state index contributed by atoms with van der Waals surface area (Å²) in [6, 6.07) is 8.07. The van der Waals surface area contributed by atoms with Crippen LogP contribution in [0.3, 0.4) is 0 Å². The molecule has 8 nitrogen and oxygen atoms in total. The number of nitrogens with one attached hydrogen (secondary N) is 3. The van der Waals surface area contributed by atoms with Gasteiger partial charge in [-0.15, -0.1) is 11.3 Å². The van der Waals surface area contributed by atoms with Crippen molar-refractivity contribution in [2.75, 3.05) is 29.4 Å². The minimum Gasteiger partial charge on any atom is -0.494 e. The van der Waals surface area contributed by atoms with Gasteiger partial charge < -0.3 is 15.4 Å². The molecule has 146 valence electrons. The van der Waals surface area contributed by atoms with Crippen LogP contribution in [0.5, 0.6) is 5.75 Å². The van der Waals surface area contributed by atoms with E-state index in [2.05, 4.69) is 15.4 Å². The van der Waals surface area contributed by atoms with E-state index in [9.17, 15) is 18.0 Å². The minimum atomic E-state index is -3.45. The Morgan fingerprint density at radius 3 is 2.52 bits per heavy atom. The molecule has 3 N–H and O–H groups in total. The lowest BCUT2D eigenvalue weighted by atomic mass is 10.2. The maximum Gasteiger partial charge on any atom is 0.261 e. The molecule has 0 aliphatic heterocycles. The summed E-state index contributed by atoms with van der Waals surface area (Å²) in [5.74, 6) is -0.536. The number of thiophene rings is 1. The van der Waals surface area contributed by atoms with Crippen LogP contribution in [0, 0.1) is 6.92 Å². The maximum atomic E-state index is 12.0. The molecule has 2 rings (SSSR count). The van der Waals surface area contributed by atoms with Gasteiger partial charge in [-0.3, -0.25) is 14.3 Å². The number of carbonyl (C=O) groups excluding carboxylic acids is 2. The Labute approximate surface area is 162 Å². The first-order valence-electron chi connectivity index (χ1n) is 8.07. The molecule has 0 unspecified atom stereocenters. The van der Waals surface area contributed by atoms with Crippen LogP contribution < -0.4 is 20.1 Å². The van der Waals surface area contributed by atoms with Crippen molar-refractivity contribution >= 4 is 44.5 Å². The smallest absolute Gasteiger partial charge is 0.261 e. The third-order valence-corrected chi connectivity index (χ3v) is 5.79. The Bertz CT molecular complexity index is 938. The third kappa shape index (κ3) is 5.97. The summed E-state index contributed by atoms with van der Waals surface area (Å²) in [7, 11) is -2.05. The molecule has 1 heterocycles. The van der Waals surface area contributed by atoms with E-state index in [0.29, 0.717) is 10.6 Å². The Kier molecular flexibility index (Phi) is 6.81. The fourth-order valence-electron chi connectivity index (χ4n) is 2.10. The number of anilines is 2. The molecule has 0 saturated carbocycles. The van der Waals surface area contributed by atoms with Crippen LogP contribution in [-0.4, -0.2) is 39.6 Å². The Morgan fingerprint density at radius 1 is 1.19 bits per heavy atom. The lowest BCUT2D eigenvalue weighted by Gasteiger charge is -2.13. The third-order valence-electron chi connectivity index (χ3n) is 3.50. The highest BCUT2D eigenvalue weighted by atomic mass is 32.2. The van der Waals surface area contributed by atoms with Crippen molar-refractivity contribution in [3.63, 3.8) is 0 Å². The average Bonchev–Trinajstić information content (AvgIpc) is 3.07. The molecule has 2 amide bonds. The van der Waals surface area contributed by atoms with E-state index in [1.54, 1.807) is 12.1 Å². The number of methoxy groups -OCH3 is 1. The van der Waals surface area contributed by atoms with Gasteiger partial charge in [0.05, 0.1) is 30.0 Å². The highest BCUT2D eigenvalue weighted by Crippen LogP contribution is 2.28. The molecule has 1 aromatic heterocycles. The van der Waals surface area contributed by atoms with Crippen molar-refractivity contribution in [1.82, 2.24) is 5.32 Å². The number of ether oxygens (including phenoxy) is 1. The van der Waals surface area contributed by atoms with Gasteiger partial charge in [-0.25, -0.2) is 8.42 Å². The SMILES string of the molecule is CCS(=O)(=O)Nc1ccc(NC(=O)CNC(=O)c2ccc(C)s2)cc1OC. The summed E-state index contributed by atoms with van der Waals surface area (Å²) in [5, 5.41) is 5.17. The van der Waals surface area contributed by atoms with Gasteiger partial charge in [0.1, 0.15) is 5.75 Å². The number of sulfonamides is 1. The van der Waals surface area contributed by atoms with E-state index >= 15 is 0 Å². The van der Waals surface area contributed by atoms with Crippen LogP contribution in [-0.2, 0) is 14.8 Å². The fraction of sp³-hybridized carbons (Fsp3) is 0.294. The number of hydrogen-bond donors (Lipinski definition) is 3. The maximum absolute atomic E-state index is 12.0. The van der Waals surface area contributed by atoms with Crippen LogP contribution in [0.2, 0.25) is 0 Å². The van der Waals surface area contributed by atoms with Gasteiger partial charge in [0.2, 0.25) is 15.9 Å². The quantitative estimate of drug-likeness (QED) is 0.616. The number of amides is 2. The highest BCUT2D eigenvalue weighted by molar-refractivity contribution is 7.92. The summed E-state index contributed by atoms with van der Waals surface area (Å²) < 4.78 is 31.0. The topological polar surface area (TPSA) is 114 Å². The Hall–Kier alpha value is -2.59. The highest BCUT2D eigenvalue weighted by Gasteiger charge is 2.13. The molecule has 10 heteroatoms. The predicted molar refractivity (Wildman–Crippen MR) is 106 cm³/mol. The lowest BCUT2D eigenvalue weighted by molar-refractivity contribution is -0.115. The van der Waals surface area contributed by atoms with Gasteiger partial charge in [0, 0.05) is 16.6 Å². The zero-order valence-corrected chi connectivity index (χ0v) is 16.8. The van der Waals surface area contributed by atoms with E-state index in [1.165, 1.54) is 37.5 Å². The first-order valence-corrected chi connectivity index (χ1v) is 10.5. The summed E-state index contributed by atoms with van der Waals surface area (Å²) in [6.07, 6.45) is 0. The van der Waals surface area contributed by atoms with E-state index in [1.807, 2.05) is 13.0 Å². The second kappa shape index (κ2) is 8.87. The molecular formula is C17H21N3O5S2. The summed E-state index contributed by atoms with van der Waals surface area (Å²) >= 11 is 1.35. The molecule has 1 aromatic carbocycles. The minimum absolute atomic E-state index is 0.0713. The number of hydrogen-bond acceptors (Lipinski definition) is 6.